The highest BCUT2D eigenvalue weighted by Crippen LogP contribution is 2.43. The Bertz CT molecular complexity index is 430. The molecule has 182 valence electrons. The number of hydrogen-bond donors (Lipinski definition) is 1. The smallest absolute Gasteiger partial charge is 0.379 e. The molecule has 0 aliphatic rings. The van der Waals surface area contributed by atoms with Crippen LogP contribution in [0.15, 0.2) is 0 Å². The Labute approximate surface area is 185 Å². The van der Waals surface area contributed by atoms with Gasteiger partial charge in [-0.2, -0.15) is 0 Å². The minimum atomic E-state index is -4.09. The quantitative estimate of drug-likeness (QED) is 0.138. The highest BCUT2D eigenvalue weighted by molar-refractivity contribution is 7.47. The summed E-state index contributed by atoms with van der Waals surface area (Å²) in [7, 11) is 1.90. The lowest BCUT2D eigenvalue weighted by Crippen LogP contribution is -2.37. The van der Waals surface area contributed by atoms with Crippen molar-refractivity contribution in [3.8, 4) is 0 Å². The zero-order valence-electron chi connectivity index (χ0n) is 20.3. The molecule has 0 fully saturated rings. The molecular formula is C22H49NO6P+. The Balaban J connectivity index is 4.26. The van der Waals surface area contributed by atoms with Gasteiger partial charge in [-0.25, -0.2) is 4.57 Å². The van der Waals surface area contributed by atoms with Crippen LogP contribution < -0.4 is 0 Å². The predicted molar refractivity (Wildman–Crippen MR) is 123 cm³/mol. The van der Waals surface area contributed by atoms with Crippen LogP contribution in [0.2, 0.25) is 0 Å². The summed E-state index contributed by atoms with van der Waals surface area (Å²) in [4.78, 5) is 9.93. The third-order valence-electron chi connectivity index (χ3n) is 4.74. The molecule has 2 unspecified atom stereocenters. The van der Waals surface area contributed by atoms with Gasteiger partial charge < -0.3 is 18.9 Å². The fourth-order valence-corrected chi connectivity index (χ4v) is 3.51. The second kappa shape index (κ2) is 18.6. The van der Waals surface area contributed by atoms with Gasteiger partial charge in [0.15, 0.2) is 0 Å². The van der Waals surface area contributed by atoms with Crippen LogP contribution in [0, 0.1) is 0 Å². The summed E-state index contributed by atoms with van der Waals surface area (Å²) in [6, 6.07) is 0. The maximum absolute atomic E-state index is 12.1. The van der Waals surface area contributed by atoms with Crippen LogP contribution >= 0.6 is 7.82 Å². The third-order valence-corrected chi connectivity index (χ3v) is 5.72. The highest BCUT2D eigenvalue weighted by Gasteiger charge is 2.25. The summed E-state index contributed by atoms with van der Waals surface area (Å²) < 4.78 is 34.7. The van der Waals surface area contributed by atoms with Crippen LogP contribution in [0.25, 0.3) is 0 Å². The number of unbranched alkanes of at least 4 members (excludes halogenated alkanes) is 8. The number of rotatable bonds is 22. The zero-order chi connectivity index (χ0) is 22.7. The maximum Gasteiger partial charge on any atom is 0.472 e. The summed E-state index contributed by atoms with van der Waals surface area (Å²) in [6.07, 6.45) is 11.3. The molecule has 8 heteroatoms. The molecule has 0 saturated carbocycles. The second-order valence-electron chi connectivity index (χ2n) is 9.01. The molecule has 0 radical (unpaired) electrons. The molecule has 0 rings (SSSR count). The standard InChI is InChI=1S/C22H48NO6P/c1-6-8-10-12-14-17-26-20-22(27-18-15-13-11-9-7-2)21-29-30(24,25)28-19-16-23(3,4)5/h22H,6-21H2,1-5H3/p+1. The minimum Gasteiger partial charge on any atom is -0.379 e. The van der Waals surface area contributed by atoms with Crippen molar-refractivity contribution in [1.82, 2.24) is 0 Å². The van der Waals surface area contributed by atoms with Crippen molar-refractivity contribution in [2.45, 2.75) is 84.2 Å². The molecule has 0 aromatic carbocycles. The Hall–Kier alpha value is -0.0100. The highest BCUT2D eigenvalue weighted by atomic mass is 31.2. The van der Waals surface area contributed by atoms with E-state index in [4.69, 9.17) is 18.5 Å². The Morgan fingerprint density at radius 2 is 1.33 bits per heavy atom. The summed E-state index contributed by atoms with van der Waals surface area (Å²) in [5.41, 5.74) is 0. The van der Waals surface area contributed by atoms with E-state index in [-0.39, 0.29) is 19.3 Å². The molecule has 0 spiro atoms. The van der Waals surface area contributed by atoms with Crippen LogP contribution in [-0.2, 0) is 23.1 Å². The van der Waals surface area contributed by atoms with E-state index in [2.05, 4.69) is 13.8 Å². The van der Waals surface area contributed by atoms with Gasteiger partial charge in [0.1, 0.15) is 19.3 Å². The van der Waals surface area contributed by atoms with Crippen LogP contribution in [0.3, 0.4) is 0 Å². The molecule has 0 aromatic rings. The molecule has 0 amide bonds. The van der Waals surface area contributed by atoms with Crippen molar-refractivity contribution < 1.29 is 32.5 Å². The van der Waals surface area contributed by atoms with Gasteiger partial charge in [-0.15, -0.1) is 0 Å². The van der Waals surface area contributed by atoms with Crippen molar-refractivity contribution in [2.75, 3.05) is 60.7 Å². The first-order chi connectivity index (χ1) is 14.2. The number of quaternary nitrogens is 1. The molecule has 0 heterocycles. The lowest BCUT2D eigenvalue weighted by molar-refractivity contribution is -0.870. The molecule has 1 N–H and O–H groups in total. The number of ether oxygens (including phenoxy) is 2. The topological polar surface area (TPSA) is 74.2 Å². The lowest BCUT2D eigenvalue weighted by atomic mass is 10.2. The van der Waals surface area contributed by atoms with E-state index < -0.39 is 7.82 Å². The number of hydrogen-bond acceptors (Lipinski definition) is 5. The van der Waals surface area contributed by atoms with Crippen molar-refractivity contribution in [3.05, 3.63) is 0 Å². The molecule has 30 heavy (non-hydrogen) atoms. The van der Waals surface area contributed by atoms with E-state index >= 15 is 0 Å². The van der Waals surface area contributed by atoms with Crippen LogP contribution in [0.5, 0.6) is 0 Å². The van der Waals surface area contributed by atoms with Gasteiger partial charge in [-0.1, -0.05) is 65.2 Å². The molecule has 0 saturated heterocycles. The molecule has 2 atom stereocenters. The summed E-state index contributed by atoms with van der Waals surface area (Å²) >= 11 is 0. The number of nitrogens with zero attached hydrogens (tertiary/aromatic N) is 1. The van der Waals surface area contributed by atoms with Crippen LogP contribution in [0.1, 0.15) is 78.1 Å². The maximum atomic E-state index is 12.1. The molecule has 0 aliphatic heterocycles. The van der Waals surface area contributed by atoms with Crippen LogP contribution in [-0.4, -0.2) is 76.2 Å². The predicted octanol–water partition coefficient (Wildman–Crippen LogP) is 5.17. The largest absolute Gasteiger partial charge is 0.472 e. The first-order valence-corrected chi connectivity index (χ1v) is 13.3. The third kappa shape index (κ3) is 21.2. The summed E-state index contributed by atoms with van der Waals surface area (Å²) in [5, 5.41) is 0. The number of phosphoric ester groups is 1. The molecule has 0 bridgehead atoms. The van der Waals surface area contributed by atoms with Gasteiger partial charge in [-0.05, 0) is 12.8 Å². The molecular weight excluding hydrogens is 405 g/mol. The Morgan fingerprint density at radius 3 is 1.90 bits per heavy atom. The average Bonchev–Trinajstić information content (AvgIpc) is 2.66. The number of phosphoric acid groups is 1. The average molecular weight is 455 g/mol. The van der Waals surface area contributed by atoms with E-state index in [1.807, 2.05) is 21.1 Å². The van der Waals surface area contributed by atoms with Gasteiger partial charge in [0.2, 0.25) is 0 Å². The normalized spacial score (nSPS) is 15.3. The summed E-state index contributed by atoms with van der Waals surface area (Å²) in [6.45, 7) is 6.81. The Morgan fingerprint density at radius 1 is 0.767 bits per heavy atom. The van der Waals surface area contributed by atoms with Gasteiger partial charge >= 0.3 is 7.82 Å². The van der Waals surface area contributed by atoms with E-state index in [1.54, 1.807) is 0 Å². The van der Waals surface area contributed by atoms with Crippen molar-refractivity contribution in [3.63, 3.8) is 0 Å². The Kier molecular flexibility index (Phi) is 18.5. The summed E-state index contributed by atoms with van der Waals surface area (Å²) in [5.74, 6) is 0. The van der Waals surface area contributed by atoms with Crippen LogP contribution in [0.4, 0.5) is 0 Å². The molecule has 0 aliphatic carbocycles. The van der Waals surface area contributed by atoms with Gasteiger partial charge in [0.05, 0.1) is 34.4 Å². The fourth-order valence-electron chi connectivity index (χ4n) is 2.77. The molecule has 7 nitrogen and oxygen atoms in total. The van der Waals surface area contributed by atoms with E-state index in [0.717, 1.165) is 19.3 Å². The van der Waals surface area contributed by atoms with Crippen molar-refractivity contribution in [2.24, 2.45) is 0 Å². The minimum absolute atomic E-state index is 0.0110. The van der Waals surface area contributed by atoms with Gasteiger partial charge in [0, 0.05) is 13.2 Å². The van der Waals surface area contributed by atoms with E-state index in [9.17, 15) is 9.46 Å². The van der Waals surface area contributed by atoms with Crippen molar-refractivity contribution >= 4 is 7.82 Å². The fraction of sp³-hybridized carbons (Fsp3) is 1.00. The van der Waals surface area contributed by atoms with E-state index in [1.165, 1.54) is 44.9 Å². The van der Waals surface area contributed by atoms with Gasteiger partial charge in [0.25, 0.3) is 0 Å². The first kappa shape index (κ1) is 30.0. The number of likely N-dealkylation sites (N-methyl/N-ethyl adjacent to an activating group) is 1. The van der Waals surface area contributed by atoms with Crippen molar-refractivity contribution in [1.29, 1.82) is 0 Å². The zero-order valence-corrected chi connectivity index (χ0v) is 21.2. The lowest BCUT2D eigenvalue weighted by Gasteiger charge is -2.24. The monoisotopic (exact) mass is 454 g/mol. The van der Waals surface area contributed by atoms with E-state index in [0.29, 0.717) is 30.8 Å². The van der Waals surface area contributed by atoms with Gasteiger partial charge in [-0.3, -0.25) is 9.05 Å². The SMILES string of the molecule is CCCCCCCOCC(COP(=O)(O)OCC[N+](C)(C)C)OCCCCCCC. The molecule has 0 aromatic heterocycles. The first-order valence-electron chi connectivity index (χ1n) is 11.8. The second-order valence-corrected chi connectivity index (χ2v) is 10.5.